The number of nitrogens with one attached hydrogen (secondary N) is 1. The van der Waals surface area contributed by atoms with Crippen molar-refractivity contribution in [2.24, 2.45) is 0 Å². The van der Waals surface area contributed by atoms with Gasteiger partial charge in [-0.2, -0.15) is 0 Å². The van der Waals surface area contributed by atoms with Crippen LogP contribution in [0.1, 0.15) is 13.3 Å². The van der Waals surface area contributed by atoms with E-state index in [1.54, 1.807) is 0 Å². The van der Waals surface area contributed by atoms with Gasteiger partial charge in [0, 0.05) is 12.8 Å². The summed E-state index contributed by atoms with van der Waals surface area (Å²) in [7, 11) is -3.53. The van der Waals surface area contributed by atoms with Crippen molar-refractivity contribution in [3.05, 3.63) is 30.1 Å². The Kier molecular flexibility index (Phi) is 4.17. The largest absolute Gasteiger partial charge is 0.382 e. The molecule has 0 radical (unpaired) electrons. The first-order valence-electron chi connectivity index (χ1n) is 6.43. The summed E-state index contributed by atoms with van der Waals surface area (Å²) >= 11 is 0. The van der Waals surface area contributed by atoms with Crippen LogP contribution in [0.25, 0.3) is 5.69 Å². The van der Waals surface area contributed by atoms with Gasteiger partial charge in [-0.15, -0.1) is 5.10 Å². The van der Waals surface area contributed by atoms with E-state index in [1.165, 1.54) is 28.9 Å². The molecule has 0 saturated heterocycles. The molecule has 3 N–H and O–H groups in total. The number of nitrogen functional groups attached to an aromatic ring is 1. The summed E-state index contributed by atoms with van der Waals surface area (Å²) < 4.78 is 38.1. The minimum absolute atomic E-state index is 0.00251. The Morgan fingerprint density at radius 2 is 1.95 bits per heavy atom. The van der Waals surface area contributed by atoms with E-state index in [2.05, 4.69) is 10.4 Å². The third-order valence-corrected chi connectivity index (χ3v) is 4.00. The first kappa shape index (κ1) is 15.3. The summed E-state index contributed by atoms with van der Waals surface area (Å²) in [5, 5.41) is 7.14. The highest BCUT2D eigenvalue weighted by atomic mass is 32.2. The molecule has 8 heteroatoms. The van der Waals surface area contributed by atoms with Crippen molar-refractivity contribution in [1.82, 2.24) is 9.78 Å². The Morgan fingerprint density at radius 1 is 1.33 bits per heavy atom. The van der Waals surface area contributed by atoms with Gasteiger partial charge in [0.1, 0.15) is 11.6 Å². The molecule has 2 rings (SSSR count). The van der Waals surface area contributed by atoms with E-state index in [-0.39, 0.29) is 16.5 Å². The van der Waals surface area contributed by atoms with Crippen LogP contribution in [-0.4, -0.2) is 31.0 Å². The molecule has 2 aromatic rings. The topological polar surface area (TPSA) is 90.0 Å². The standard InChI is InChI=1S/C13H17FN4O2S/c1-3-8-16-13-11(21(2,19)20)12(15)18(17-13)10-6-4-9(14)5-7-10/h4-7H,3,8,15H2,1-2H3,(H,16,17). The van der Waals surface area contributed by atoms with Crippen LogP contribution in [0.15, 0.2) is 29.2 Å². The van der Waals surface area contributed by atoms with E-state index in [0.717, 1.165) is 12.7 Å². The zero-order valence-electron chi connectivity index (χ0n) is 11.8. The molecule has 0 amide bonds. The second kappa shape index (κ2) is 5.72. The van der Waals surface area contributed by atoms with Crippen molar-refractivity contribution in [3.8, 4) is 5.69 Å². The number of benzene rings is 1. The maximum atomic E-state index is 13.0. The van der Waals surface area contributed by atoms with Gasteiger partial charge >= 0.3 is 0 Å². The Balaban J connectivity index is 2.58. The quantitative estimate of drug-likeness (QED) is 0.879. The maximum Gasteiger partial charge on any atom is 0.182 e. The lowest BCUT2D eigenvalue weighted by Crippen LogP contribution is -2.07. The van der Waals surface area contributed by atoms with Gasteiger partial charge in [0.15, 0.2) is 20.6 Å². The minimum atomic E-state index is -3.53. The molecule has 0 aliphatic heterocycles. The van der Waals surface area contributed by atoms with Crippen molar-refractivity contribution in [2.75, 3.05) is 23.9 Å². The van der Waals surface area contributed by atoms with Crippen molar-refractivity contribution >= 4 is 21.5 Å². The van der Waals surface area contributed by atoms with Crippen LogP contribution in [0.4, 0.5) is 16.0 Å². The number of hydrogen-bond acceptors (Lipinski definition) is 5. The Labute approximate surface area is 122 Å². The lowest BCUT2D eigenvalue weighted by atomic mass is 10.3. The van der Waals surface area contributed by atoms with E-state index in [9.17, 15) is 12.8 Å². The summed E-state index contributed by atoms with van der Waals surface area (Å²) in [6.07, 6.45) is 1.89. The van der Waals surface area contributed by atoms with Crippen LogP contribution in [0.2, 0.25) is 0 Å². The van der Waals surface area contributed by atoms with Crippen LogP contribution < -0.4 is 11.1 Å². The van der Waals surface area contributed by atoms with Crippen molar-refractivity contribution in [3.63, 3.8) is 0 Å². The molecule has 0 unspecified atom stereocenters. The van der Waals surface area contributed by atoms with Crippen LogP contribution in [0, 0.1) is 5.82 Å². The van der Waals surface area contributed by atoms with Gasteiger partial charge in [0.2, 0.25) is 0 Å². The van der Waals surface area contributed by atoms with Crippen molar-refractivity contribution in [2.45, 2.75) is 18.2 Å². The number of nitrogens with zero attached hydrogens (tertiary/aromatic N) is 2. The van der Waals surface area contributed by atoms with E-state index in [0.29, 0.717) is 12.2 Å². The predicted octanol–water partition coefficient (Wildman–Crippen LogP) is 1.82. The SMILES string of the molecule is CCCNc1nn(-c2ccc(F)cc2)c(N)c1S(C)(=O)=O. The molecule has 1 heterocycles. The molecule has 114 valence electrons. The normalized spacial score (nSPS) is 11.6. The van der Waals surface area contributed by atoms with Gasteiger partial charge in [-0.05, 0) is 30.7 Å². The molecule has 0 atom stereocenters. The summed E-state index contributed by atoms with van der Waals surface area (Å²) in [5.74, 6) is -0.180. The Morgan fingerprint density at radius 3 is 2.48 bits per heavy atom. The zero-order chi connectivity index (χ0) is 15.6. The Bertz CT molecular complexity index is 738. The van der Waals surface area contributed by atoms with Crippen LogP contribution >= 0.6 is 0 Å². The smallest absolute Gasteiger partial charge is 0.182 e. The predicted molar refractivity (Wildman–Crippen MR) is 79.8 cm³/mol. The van der Waals surface area contributed by atoms with Crippen LogP contribution in [0.5, 0.6) is 0 Å². The van der Waals surface area contributed by atoms with Crippen molar-refractivity contribution < 1.29 is 12.8 Å². The van der Waals surface area contributed by atoms with E-state index in [1.807, 2.05) is 6.92 Å². The molecular weight excluding hydrogens is 295 g/mol. The van der Waals surface area contributed by atoms with E-state index < -0.39 is 15.7 Å². The third-order valence-electron chi connectivity index (χ3n) is 2.86. The molecule has 0 aliphatic rings. The minimum Gasteiger partial charge on any atom is -0.382 e. The zero-order valence-corrected chi connectivity index (χ0v) is 12.6. The number of aromatic nitrogens is 2. The van der Waals surface area contributed by atoms with Crippen LogP contribution in [0.3, 0.4) is 0 Å². The molecular formula is C13H17FN4O2S. The number of halogens is 1. The molecule has 0 aliphatic carbocycles. The first-order chi connectivity index (χ1) is 9.84. The fourth-order valence-corrected chi connectivity index (χ4v) is 2.85. The number of nitrogens with two attached hydrogens (primary N) is 1. The van der Waals surface area contributed by atoms with E-state index >= 15 is 0 Å². The average Bonchev–Trinajstić information content (AvgIpc) is 2.74. The number of sulfone groups is 1. The number of hydrogen-bond donors (Lipinski definition) is 2. The summed E-state index contributed by atoms with van der Waals surface area (Å²) in [6, 6.07) is 5.48. The molecule has 0 fully saturated rings. The van der Waals surface area contributed by atoms with Gasteiger partial charge in [-0.25, -0.2) is 17.5 Å². The highest BCUT2D eigenvalue weighted by Crippen LogP contribution is 2.29. The molecule has 1 aromatic carbocycles. The number of anilines is 2. The average molecular weight is 312 g/mol. The highest BCUT2D eigenvalue weighted by Gasteiger charge is 2.24. The molecule has 0 bridgehead atoms. The molecule has 0 saturated carbocycles. The van der Waals surface area contributed by atoms with Gasteiger partial charge in [0.25, 0.3) is 0 Å². The highest BCUT2D eigenvalue weighted by molar-refractivity contribution is 7.91. The summed E-state index contributed by atoms with van der Waals surface area (Å²) in [6.45, 7) is 2.52. The molecule has 21 heavy (non-hydrogen) atoms. The monoisotopic (exact) mass is 312 g/mol. The maximum absolute atomic E-state index is 13.0. The van der Waals surface area contributed by atoms with Gasteiger partial charge < -0.3 is 11.1 Å². The third kappa shape index (κ3) is 3.15. The molecule has 6 nitrogen and oxygen atoms in total. The fourth-order valence-electron chi connectivity index (χ4n) is 1.92. The fraction of sp³-hybridized carbons (Fsp3) is 0.308. The van der Waals surface area contributed by atoms with Gasteiger partial charge in [-0.3, -0.25) is 0 Å². The second-order valence-corrected chi connectivity index (χ2v) is 6.60. The van der Waals surface area contributed by atoms with Crippen LogP contribution in [-0.2, 0) is 9.84 Å². The first-order valence-corrected chi connectivity index (χ1v) is 8.32. The Hall–Kier alpha value is -2.09. The molecule has 0 spiro atoms. The lowest BCUT2D eigenvalue weighted by Gasteiger charge is -2.03. The summed E-state index contributed by atoms with van der Waals surface area (Å²) in [4.78, 5) is -0.0414. The van der Waals surface area contributed by atoms with Gasteiger partial charge in [0.05, 0.1) is 5.69 Å². The lowest BCUT2D eigenvalue weighted by molar-refractivity contribution is 0.602. The van der Waals surface area contributed by atoms with Gasteiger partial charge in [-0.1, -0.05) is 6.92 Å². The second-order valence-electron chi connectivity index (χ2n) is 4.65. The van der Waals surface area contributed by atoms with Crippen molar-refractivity contribution in [1.29, 1.82) is 0 Å². The summed E-state index contributed by atoms with van der Waals surface area (Å²) in [5.41, 5.74) is 6.41. The molecule has 1 aromatic heterocycles. The van der Waals surface area contributed by atoms with E-state index in [4.69, 9.17) is 5.73 Å². The number of rotatable bonds is 5.